The lowest BCUT2D eigenvalue weighted by molar-refractivity contribution is -0.133. The Balaban J connectivity index is 1.69. The SMILES string of the molecule is CC(NC(=O)c1cccs1)C(=O)N(C)C(C)c1cc2ccccc2o1. The maximum Gasteiger partial charge on any atom is 0.261 e. The zero-order chi connectivity index (χ0) is 18.0. The smallest absolute Gasteiger partial charge is 0.261 e. The number of furan rings is 1. The van der Waals surface area contributed by atoms with E-state index in [4.69, 9.17) is 4.42 Å². The van der Waals surface area contributed by atoms with Gasteiger partial charge in [0.2, 0.25) is 5.91 Å². The fourth-order valence-corrected chi connectivity index (χ4v) is 3.26. The number of carbonyl (C=O) groups is 2. The van der Waals surface area contributed by atoms with Gasteiger partial charge in [0, 0.05) is 12.4 Å². The van der Waals surface area contributed by atoms with Gasteiger partial charge in [0.15, 0.2) is 0 Å². The minimum absolute atomic E-state index is 0.169. The van der Waals surface area contributed by atoms with Crippen molar-refractivity contribution in [1.29, 1.82) is 0 Å². The van der Waals surface area contributed by atoms with Crippen LogP contribution in [0.5, 0.6) is 0 Å². The minimum Gasteiger partial charge on any atom is -0.459 e. The molecule has 0 fully saturated rings. The molecular formula is C19H20N2O3S. The van der Waals surface area contributed by atoms with E-state index in [1.165, 1.54) is 11.3 Å². The lowest BCUT2D eigenvalue weighted by atomic mass is 10.1. The zero-order valence-corrected chi connectivity index (χ0v) is 15.2. The number of rotatable bonds is 5. The van der Waals surface area contributed by atoms with Crippen molar-refractivity contribution in [2.24, 2.45) is 0 Å². The Morgan fingerprint density at radius 2 is 1.92 bits per heavy atom. The second kappa shape index (κ2) is 7.11. The summed E-state index contributed by atoms with van der Waals surface area (Å²) in [6.45, 7) is 3.60. The highest BCUT2D eigenvalue weighted by Gasteiger charge is 2.26. The summed E-state index contributed by atoms with van der Waals surface area (Å²) in [5.41, 5.74) is 0.796. The molecule has 0 saturated heterocycles. The number of amides is 2. The molecular weight excluding hydrogens is 336 g/mol. The van der Waals surface area contributed by atoms with Crippen molar-refractivity contribution < 1.29 is 14.0 Å². The third kappa shape index (κ3) is 3.58. The van der Waals surface area contributed by atoms with Crippen LogP contribution in [-0.4, -0.2) is 29.8 Å². The highest BCUT2D eigenvalue weighted by atomic mass is 32.1. The summed E-state index contributed by atoms with van der Waals surface area (Å²) >= 11 is 1.35. The number of nitrogens with zero attached hydrogens (tertiary/aromatic N) is 1. The second-order valence-electron chi connectivity index (χ2n) is 5.98. The maximum absolute atomic E-state index is 12.7. The molecule has 6 heteroatoms. The summed E-state index contributed by atoms with van der Waals surface area (Å²) in [7, 11) is 1.72. The number of benzene rings is 1. The van der Waals surface area contributed by atoms with Gasteiger partial charge in [-0.1, -0.05) is 24.3 Å². The summed E-state index contributed by atoms with van der Waals surface area (Å²) in [6, 6.07) is 12.4. The molecule has 0 saturated carbocycles. The highest BCUT2D eigenvalue weighted by molar-refractivity contribution is 7.12. The van der Waals surface area contributed by atoms with Crippen molar-refractivity contribution in [3.05, 3.63) is 58.5 Å². The summed E-state index contributed by atoms with van der Waals surface area (Å²) in [6.07, 6.45) is 0. The van der Waals surface area contributed by atoms with E-state index in [9.17, 15) is 9.59 Å². The third-order valence-corrected chi connectivity index (χ3v) is 5.12. The molecule has 2 unspecified atom stereocenters. The van der Waals surface area contributed by atoms with Gasteiger partial charge in [-0.05, 0) is 37.4 Å². The summed E-state index contributed by atoms with van der Waals surface area (Å²) in [4.78, 5) is 26.9. The van der Waals surface area contributed by atoms with Crippen molar-refractivity contribution in [3.63, 3.8) is 0 Å². The first kappa shape index (κ1) is 17.2. The average Bonchev–Trinajstić information content (AvgIpc) is 3.28. The molecule has 3 aromatic rings. The van der Waals surface area contributed by atoms with Crippen LogP contribution in [-0.2, 0) is 4.79 Å². The maximum atomic E-state index is 12.7. The van der Waals surface area contributed by atoms with Crippen molar-refractivity contribution >= 4 is 34.1 Å². The van der Waals surface area contributed by atoms with Gasteiger partial charge in [0.25, 0.3) is 5.91 Å². The molecule has 130 valence electrons. The van der Waals surface area contributed by atoms with Gasteiger partial charge in [-0.2, -0.15) is 0 Å². The number of fused-ring (bicyclic) bond motifs is 1. The monoisotopic (exact) mass is 356 g/mol. The molecule has 2 aromatic heterocycles. The topological polar surface area (TPSA) is 62.6 Å². The first-order chi connectivity index (χ1) is 12.0. The molecule has 0 bridgehead atoms. The first-order valence-electron chi connectivity index (χ1n) is 8.07. The van der Waals surface area contributed by atoms with Gasteiger partial charge in [-0.25, -0.2) is 0 Å². The average molecular weight is 356 g/mol. The molecule has 0 aliphatic heterocycles. The number of para-hydroxylation sites is 1. The molecule has 3 rings (SSSR count). The fraction of sp³-hybridized carbons (Fsp3) is 0.263. The predicted octanol–water partition coefficient (Wildman–Crippen LogP) is 3.83. The minimum atomic E-state index is -0.619. The molecule has 0 aliphatic carbocycles. The van der Waals surface area contributed by atoms with Crippen LogP contribution in [0, 0.1) is 0 Å². The van der Waals surface area contributed by atoms with Gasteiger partial charge in [0.1, 0.15) is 17.4 Å². The fourth-order valence-electron chi connectivity index (χ4n) is 2.63. The van der Waals surface area contributed by atoms with Crippen molar-refractivity contribution in [3.8, 4) is 0 Å². The Morgan fingerprint density at radius 3 is 2.60 bits per heavy atom. The number of carbonyl (C=O) groups excluding carboxylic acids is 2. The number of hydrogen-bond acceptors (Lipinski definition) is 4. The van der Waals surface area contributed by atoms with E-state index >= 15 is 0 Å². The molecule has 1 aromatic carbocycles. The first-order valence-corrected chi connectivity index (χ1v) is 8.95. The summed E-state index contributed by atoms with van der Waals surface area (Å²) in [5, 5.41) is 5.58. The zero-order valence-electron chi connectivity index (χ0n) is 14.4. The van der Waals surface area contributed by atoms with Crippen LogP contribution in [0.3, 0.4) is 0 Å². The normalized spacial score (nSPS) is 13.4. The van der Waals surface area contributed by atoms with Crippen molar-refractivity contribution in [2.75, 3.05) is 7.05 Å². The number of likely N-dealkylation sites (N-methyl/N-ethyl adjacent to an activating group) is 1. The Kier molecular flexibility index (Phi) is 4.90. The lowest BCUT2D eigenvalue weighted by Gasteiger charge is -2.26. The van der Waals surface area contributed by atoms with Crippen LogP contribution >= 0.6 is 11.3 Å². The molecule has 5 nitrogen and oxygen atoms in total. The molecule has 1 N–H and O–H groups in total. The highest BCUT2D eigenvalue weighted by Crippen LogP contribution is 2.27. The van der Waals surface area contributed by atoms with E-state index in [0.29, 0.717) is 10.6 Å². The summed E-state index contributed by atoms with van der Waals surface area (Å²) in [5.74, 6) is 0.312. The van der Waals surface area contributed by atoms with Crippen LogP contribution in [0.25, 0.3) is 11.0 Å². The third-order valence-electron chi connectivity index (χ3n) is 4.25. The van der Waals surface area contributed by atoms with E-state index in [1.807, 2.05) is 48.7 Å². The van der Waals surface area contributed by atoms with E-state index in [2.05, 4.69) is 5.32 Å². The van der Waals surface area contributed by atoms with Crippen LogP contribution in [0.1, 0.15) is 35.3 Å². The Bertz CT molecular complexity index is 852. The van der Waals surface area contributed by atoms with Crippen molar-refractivity contribution in [1.82, 2.24) is 10.2 Å². The van der Waals surface area contributed by atoms with Gasteiger partial charge in [-0.15, -0.1) is 11.3 Å². The van der Waals surface area contributed by atoms with Gasteiger partial charge >= 0.3 is 0 Å². The van der Waals surface area contributed by atoms with E-state index < -0.39 is 6.04 Å². The molecule has 0 spiro atoms. The molecule has 0 radical (unpaired) electrons. The van der Waals surface area contributed by atoms with Gasteiger partial charge in [0.05, 0.1) is 10.9 Å². The van der Waals surface area contributed by atoms with E-state index in [1.54, 1.807) is 24.9 Å². The molecule has 0 aliphatic rings. The van der Waals surface area contributed by atoms with Gasteiger partial charge < -0.3 is 14.6 Å². The Labute approximate surface area is 150 Å². The van der Waals surface area contributed by atoms with E-state index in [-0.39, 0.29) is 17.9 Å². The number of thiophene rings is 1. The van der Waals surface area contributed by atoms with Crippen LogP contribution in [0.15, 0.2) is 52.3 Å². The van der Waals surface area contributed by atoms with Gasteiger partial charge in [-0.3, -0.25) is 9.59 Å². The summed E-state index contributed by atoms with van der Waals surface area (Å²) < 4.78 is 5.84. The number of hydrogen-bond donors (Lipinski definition) is 1. The second-order valence-corrected chi connectivity index (χ2v) is 6.93. The van der Waals surface area contributed by atoms with Crippen LogP contribution in [0.2, 0.25) is 0 Å². The lowest BCUT2D eigenvalue weighted by Crippen LogP contribution is -2.46. The standard InChI is InChI=1S/C19H20N2O3S/c1-12(20-18(22)17-9-6-10-25-17)19(23)21(3)13(2)16-11-14-7-4-5-8-15(14)24-16/h4-13H,1-3H3,(H,20,22). The molecule has 2 atom stereocenters. The quantitative estimate of drug-likeness (QED) is 0.756. The Morgan fingerprint density at radius 1 is 1.16 bits per heavy atom. The van der Waals surface area contributed by atoms with Crippen LogP contribution in [0.4, 0.5) is 0 Å². The van der Waals surface area contributed by atoms with Crippen LogP contribution < -0.4 is 5.32 Å². The van der Waals surface area contributed by atoms with E-state index in [0.717, 1.165) is 11.0 Å². The largest absolute Gasteiger partial charge is 0.459 e. The number of nitrogens with one attached hydrogen (secondary N) is 1. The predicted molar refractivity (Wildman–Crippen MR) is 98.6 cm³/mol. The molecule has 2 heterocycles. The molecule has 2 amide bonds. The Hall–Kier alpha value is -2.60. The van der Waals surface area contributed by atoms with Crippen molar-refractivity contribution in [2.45, 2.75) is 25.9 Å². The molecule has 25 heavy (non-hydrogen) atoms.